The van der Waals surface area contributed by atoms with E-state index in [0.717, 1.165) is 38.8 Å². The van der Waals surface area contributed by atoms with Gasteiger partial charge in [0.1, 0.15) is 12.6 Å². The third-order valence-electron chi connectivity index (χ3n) is 6.70. The largest absolute Gasteiger partial charge is 0.304 e. The van der Waals surface area contributed by atoms with Crippen molar-refractivity contribution in [2.45, 2.75) is 89.6 Å². The summed E-state index contributed by atoms with van der Waals surface area (Å²) in [6.45, 7) is 20.7. The van der Waals surface area contributed by atoms with Gasteiger partial charge in [-0.1, -0.05) is 0 Å². The first-order chi connectivity index (χ1) is 11.8. The molecule has 2 atom stereocenters. The highest BCUT2D eigenvalue weighted by molar-refractivity contribution is 5.61. The summed E-state index contributed by atoms with van der Waals surface area (Å²) >= 11 is 0. The van der Waals surface area contributed by atoms with Crippen molar-refractivity contribution in [1.82, 2.24) is 20.4 Å². The molecule has 150 valence electrons. The molecule has 0 spiro atoms. The molecule has 0 radical (unpaired) electrons. The number of carbonyl (C=O) groups excluding carboxylic acids is 2. The molecule has 0 amide bonds. The van der Waals surface area contributed by atoms with Crippen LogP contribution < -0.4 is 10.6 Å². The lowest BCUT2D eigenvalue weighted by Gasteiger charge is -2.59. The zero-order valence-electron chi connectivity index (χ0n) is 17.8. The third kappa shape index (κ3) is 3.61. The van der Waals surface area contributed by atoms with Gasteiger partial charge in [0.05, 0.1) is 12.1 Å². The Bertz CT molecular complexity index is 494. The maximum absolute atomic E-state index is 11.6. The Morgan fingerprint density at radius 1 is 0.731 bits per heavy atom. The summed E-state index contributed by atoms with van der Waals surface area (Å²) in [6.07, 6.45) is 2.06. The van der Waals surface area contributed by atoms with Crippen molar-refractivity contribution in [2.75, 3.05) is 26.2 Å². The second-order valence-corrected chi connectivity index (χ2v) is 10.2. The molecular formula is C20H38N4O2. The predicted octanol–water partition coefficient (Wildman–Crippen LogP) is 1.05. The van der Waals surface area contributed by atoms with Crippen molar-refractivity contribution in [1.29, 1.82) is 0 Å². The van der Waals surface area contributed by atoms with Crippen LogP contribution in [0.15, 0.2) is 0 Å². The summed E-state index contributed by atoms with van der Waals surface area (Å²) in [6, 6.07) is -0.357. The van der Waals surface area contributed by atoms with Gasteiger partial charge in [0.25, 0.3) is 0 Å². The minimum atomic E-state index is -0.268. The van der Waals surface area contributed by atoms with E-state index in [9.17, 15) is 9.59 Å². The van der Waals surface area contributed by atoms with Gasteiger partial charge in [-0.15, -0.1) is 0 Å². The molecule has 6 heteroatoms. The fourth-order valence-corrected chi connectivity index (χ4v) is 5.12. The zero-order chi connectivity index (χ0) is 20.0. The summed E-state index contributed by atoms with van der Waals surface area (Å²) in [5.41, 5.74) is -0.628. The van der Waals surface area contributed by atoms with E-state index in [2.05, 4.69) is 75.8 Å². The van der Waals surface area contributed by atoms with Crippen LogP contribution >= 0.6 is 0 Å². The van der Waals surface area contributed by atoms with Crippen molar-refractivity contribution in [3.8, 4) is 0 Å². The maximum atomic E-state index is 11.6. The number of hydrogen-bond acceptors (Lipinski definition) is 6. The number of aldehydes is 2. The summed E-state index contributed by atoms with van der Waals surface area (Å²) in [7, 11) is 0. The van der Waals surface area contributed by atoms with Gasteiger partial charge in [-0.2, -0.15) is 0 Å². The molecule has 2 unspecified atom stereocenters. The van der Waals surface area contributed by atoms with Crippen molar-refractivity contribution in [2.24, 2.45) is 0 Å². The molecule has 2 N–H and O–H groups in total. The molecule has 0 aromatic rings. The smallest absolute Gasteiger partial charge is 0.138 e. The van der Waals surface area contributed by atoms with Crippen LogP contribution in [0.25, 0.3) is 0 Å². The molecule has 0 aromatic carbocycles. The van der Waals surface area contributed by atoms with Crippen LogP contribution in [0.1, 0.15) is 55.4 Å². The van der Waals surface area contributed by atoms with Gasteiger partial charge in [0.2, 0.25) is 0 Å². The van der Waals surface area contributed by atoms with Crippen LogP contribution in [-0.2, 0) is 9.59 Å². The molecule has 2 aliphatic rings. The van der Waals surface area contributed by atoms with Gasteiger partial charge in [0.15, 0.2) is 0 Å². The highest BCUT2D eigenvalue weighted by Crippen LogP contribution is 2.34. The third-order valence-corrected chi connectivity index (χ3v) is 6.70. The lowest BCUT2D eigenvalue weighted by molar-refractivity contribution is -0.124. The van der Waals surface area contributed by atoms with Crippen LogP contribution in [0.3, 0.4) is 0 Å². The Balaban J connectivity index is 2.25. The predicted molar refractivity (Wildman–Crippen MR) is 105 cm³/mol. The van der Waals surface area contributed by atoms with Gasteiger partial charge in [-0.25, -0.2) is 0 Å². The van der Waals surface area contributed by atoms with Crippen LogP contribution in [0, 0.1) is 0 Å². The number of hydrogen-bond donors (Lipinski definition) is 2. The van der Waals surface area contributed by atoms with Gasteiger partial charge in [-0.05, 0) is 55.4 Å². The molecule has 0 aliphatic carbocycles. The van der Waals surface area contributed by atoms with Gasteiger partial charge in [-0.3, -0.25) is 9.80 Å². The minimum Gasteiger partial charge on any atom is -0.304 e. The molecule has 0 bridgehead atoms. The Labute approximate surface area is 159 Å². The van der Waals surface area contributed by atoms with E-state index in [1.165, 1.54) is 0 Å². The summed E-state index contributed by atoms with van der Waals surface area (Å²) < 4.78 is 0. The average Bonchev–Trinajstić information content (AvgIpc) is 2.48. The lowest BCUT2D eigenvalue weighted by atomic mass is 9.81. The first kappa shape index (κ1) is 21.5. The van der Waals surface area contributed by atoms with Crippen LogP contribution in [0.2, 0.25) is 0 Å². The maximum Gasteiger partial charge on any atom is 0.138 e. The van der Waals surface area contributed by atoms with E-state index in [0.29, 0.717) is 0 Å². The van der Waals surface area contributed by atoms with Crippen LogP contribution in [0.4, 0.5) is 0 Å². The molecule has 0 saturated carbocycles. The molecule has 26 heavy (non-hydrogen) atoms. The van der Waals surface area contributed by atoms with E-state index >= 15 is 0 Å². The van der Waals surface area contributed by atoms with Gasteiger partial charge >= 0.3 is 0 Å². The lowest BCUT2D eigenvalue weighted by Crippen LogP contribution is -2.76. The average molecular weight is 367 g/mol. The Morgan fingerprint density at radius 3 is 1.31 bits per heavy atom. The fraction of sp³-hybridized carbons (Fsp3) is 0.900. The summed E-state index contributed by atoms with van der Waals surface area (Å²) in [5, 5.41) is 6.77. The number of carbonyl (C=O) groups is 2. The molecule has 0 aromatic heterocycles. The molecule has 2 heterocycles. The van der Waals surface area contributed by atoms with E-state index in [1.54, 1.807) is 0 Å². The van der Waals surface area contributed by atoms with Crippen molar-refractivity contribution in [3.05, 3.63) is 0 Å². The number of piperazine rings is 2. The standard InChI is InChI=1S/C20H38N4O2/c1-17(2)13-21-15(11-25)19(5,6)23(17)9-10-24-18(3,4)14-22-16(12-26)20(24,7)8/h11-12,15-16,21-22H,9-10,13-14H2,1-8H3. The summed E-state index contributed by atoms with van der Waals surface area (Å²) in [4.78, 5) is 28.1. The highest BCUT2D eigenvalue weighted by Gasteiger charge is 2.50. The fourth-order valence-electron chi connectivity index (χ4n) is 5.12. The van der Waals surface area contributed by atoms with Crippen LogP contribution in [-0.4, -0.2) is 82.8 Å². The van der Waals surface area contributed by atoms with E-state index < -0.39 is 0 Å². The zero-order valence-corrected chi connectivity index (χ0v) is 17.8. The Kier molecular flexibility index (Phi) is 5.76. The highest BCUT2D eigenvalue weighted by atomic mass is 16.1. The number of nitrogens with zero attached hydrogens (tertiary/aromatic N) is 2. The molecular weight excluding hydrogens is 328 g/mol. The normalized spacial score (nSPS) is 33.5. The second kappa shape index (κ2) is 6.97. The van der Waals surface area contributed by atoms with Crippen molar-refractivity contribution < 1.29 is 9.59 Å². The SMILES string of the molecule is CC1(C)CNC(C=O)C(C)(C)N1CCN1C(C)(C)CNC(C=O)C1(C)C. The monoisotopic (exact) mass is 366 g/mol. The summed E-state index contributed by atoms with van der Waals surface area (Å²) in [5.74, 6) is 0. The first-order valence-corrected chi connectivity index (χ1v) is 9.73. The van der Waals surface area contributed by atoms with Crippen molar-refractivity contribution in [3.63, 3.8) is 0 Å². The quantitative estimate of drug-likeness (QED) is 0.709. The Morgan fingerprint density at radius 2 is 1.04 bits per heavy atom. The second-order valence-electron chi connectivity index (χ2n) is 10.2. The molecule has 6 nitrogen and oxygen atoms in total. The Hall–Kier alpha value is -0.820. The molecule has 2 rings (SSSR count). The number of rotatable bonds is 5. The molecule has 2 saturated heterocycles. The van der Waals surface area contributed by atoms with Gasteiger partial charge in [0, 0.05) is 48.3 Å². The first-order valence-electron chi connectivity index (χ1n) is 9.73. The van der Waals surface area contributed by atoms with E-state index in [4.69, 9.17) is 0 Å². The van der Waals surface area contributed by atoms with Crippen LogP contribution in [0.5, 0.6) is 0 Å². The van der Waals surface area contributed by atoms with E-state index in [-0.39, 0.29) is 34.2 Å². The van der Waals surface area contributed by atoms with E-state index in [1.807, 2.05) is 0 Å². The number of nitrogens with one attached hydrogen (secondary N) is 2. The van der Waals surface area contributed by atoms with Crippen molar-refractivity contribution >= 4 is 12.6 Å². The minimum absolute atomic E-state index is 0.0462. The molecule has 2 fully saturated rings. The van der Waals surface area contributed by atoms with Gasteiger partial charge < -0.3 is 20.2 Å². The topological polar surface area (TPSA) is 64.7 Å². The molecule has 2 aliphatic heterocycles.